The second-order valence-electron chi connectivity index (χ2n) is 1.32. The van der Waals surface area contributed by atoms with Gasteiger partial charge in [0.2, 0.25) is 0 Å². The molecule has 0 unspecified atom stereocenters. The van der Waals surface area contributed by atoms with Crippen LogP contribution in [0.4, 0.5) is 0 Å². The van der Waals surface area contributed by atoms with Crippen molar-refractivity contribution in [3.8, 4) is 0 Å². The first-order valence-corrected chi connectivity index (χ1v) is 2.08. The normalized spacial score (nSPS) is 16.7. The van der Waals surface area contributed by atoms with Gasteiger partial charge in [-0.1, -0.05) is 0 Å². The summed E-state index contributed by atoms with van der Waals surface area (Å²) in [5.41, 5.74) is 5.12. The molecule has 0 aliphatic rings. The van der Waals surface area contributed by atoms with Crippen LogP contribution in [0, 0.1) is 0 Å². The third kappa shape index (κ3) is 2.17. The molecule has 0 fully saturated rings. The van der Waals surface area contributed by atoms with E-state index in [1.165, 1.54) is 0 Å². The van der Waals surface area contributed by atoms with Crippen molar-refractivity contribution in [3.63, 3.8) is 0 Å². The molecule has 0 amide bonds. The van der Waals surface area contributed by atoms with Crippen LogP contribution in [-0.4, -0.2) is 24.1 Å². The van der Waals surface area contributed by atoms with E-state index in [1.54, 1.807) is 14.0 Å². The van der Waals surface area contributed by atoms with E-state index < -0.39 is 6.10 Å². The summed E-state index contributed by atoms with van der Waals surface area (Å²) < 4.78 is 0. The molecule has 0 aliphatic carbocycles. The van der Waals surface area contributed by atoms with Gasteiger partial charge in [-0.2, -0.15) is 0 Å². The Morgan fingerprint density at radius 2 is 2.29 bits per heavy atom. The van der Waals surface area contributed by atoms with Crippen molar-refractivity contribution < 1.29 is 5.11 Å². The smallest absolute Gasteiger partial charge is 0.122 e. The van der Waals surface area contributed by atoms with Crippen LogP contribution < -0.4 is 5.73 Å². The Labute approximate surface area is 42.9 Å². The SMILES string of the molecule is CN=C(N)[C@H](C)O. The van der Waals surface area contributed by atoms with Crippen LogP contribution in [-0.2, 0) is 0 Å². The molecule has 0 aromatic rings. The fraction of sp³-hybridized carbons (Fsp3) is 0.750. The Hall–Kier alpha value is -0.570. The Kier molecular flexibility index (Phi) is 2.37. The summed E-state index contributed by atoms with van der Waals surface area (Å²) in [6.45, 7) is 1.57. The van der Waals surface area contributed by atoms with Crippen LogP contribution >= 0.6 is 0 Å². The molecule has 0 spiro atoms. The van der Waals surface area contributed by atoms with Crippen molar-refractivity contribution in [2.75, 3.05) is 7.05 Å². The quantitative estimate of drug-likeness (QED) is 0.341. The molecule has 0 bridgehead atoms. The first-order valence-electron chi connectivity index (χ1n) is 2.08. The molecule has 0 aromatic heterocycles. The second-order valence-corrected chi connectivity index (χ2v) is 1.32. The maximum absolute atomic E-state index is 8.57. The van der Waals surface area contributed by atoms with Crippen LogP contribution in [0.2, 0.25) is 0 Å². The lowest BCUT2D eigenvalue weighted by Crippen LogP contribution is -2.25. The van der Waals surface area contributed by atoms with E-state index in [2.05, 4.69) is 4.99 Å². The Bertz CT molecular complexity index is 77.8. The zero-order valence-corrected chi connectivity index (χ0v) is 4.55. The van der Waals surface area contributed by atoms with Gasteiger partial charge in [0.15, 0.2) is 0 Å². The zero-order valence-electron chi connectivity index (χ0n) is 4.55. The maximum atomic E-state index is 8.57. The Morgan fingerprint density at radius 3 is 2.29 bits per heavy atom. The van der Waals surface area contributed by atoms with E-state index in [0.717, 1.165) is 0 Å². The van der Waals surface area contributed by atoms with Gasteiger partial charge in [-0.3, -0.25) is 4.99 Å². The van der Waals surface area contributed by atoms with E-state index in [0.29, 0.717) is 0 Å². The predicted molar refractivity (Wildman–Crippen MR) is 29.2 cm³/mol. The van der Waals surface area contributed by atoms with Crippen molar-refractivity contribution in [3.05, 3.63) is 0 Å². The molecule has 3 heteroatoms. The minimum atomic E-state index is -0.606. The van der Waals surface area contributed by atoms with Gasteiger partial charge in [-0.05, 0) is 6.92 Å². The van der Waals surface area contributed by atoms with E-state index in [1.807, 2.05) is 0 Å². The van der Waals surface area contributed by atoms with E-state index in [-0.39, 0.29) is 5.84 Å². The standard InChI is InChI=1S/C4H10N2O/c1-3(7)4(5)6-2/h3,7H,1-2H3,(H2,5,6)/t3-/m0/s1. The molecule has 0 radical (unpaired) electrons. The zero-order chi connectivity index (χ0) is 5.86. The first kappa shape index (κ1) is 6.43. The third-order valence-electron chi connectivity index (χ3n) is 0.686. The molecule has 3 nitrogen and oxygen atoms in total. The minimum Gasteiger partial charge on any atom is -0.386 e. The number of aliphatic hydroxyl groups excluding tert-OH is 1. The van der Waals surface area contributed by atoms with Crippen molar-refractivity contribution in [2.45, 2.75) is 13.0 Å². The molecule has 0 saturated heterocycles. The highest BCUT2D eigenvalue weighted by Crippen LogP contribution is 1.75. The fourth-order valence-electron chi connectivity index (χ4n) is 0.187. The molecular weight excluding hydrogens is 92.1 g/mol. The highest BCUT2D eigenvalue weighted by molar-refractivity contribution is 5.83. The summed E-state index contributed by atoms with van der Waals surface area (Å²) >= 11 is 0. The van der Waals surface area contributed by atoms with E-state index >= 15 is 0 Å². The largest absolute Gasteiger partial charge is 0.386 e. The maximum Gasteiger partial charge on any atom is 0.122 e. The number of hydrogen-bond donors (Lipinski definition) is 2. The van der Waals surface area contributed by atoms with Gasteiger partial charge in [-0.15, -0.1) is 0 Å². The Balaban J connectivity index is 3.56. The monoisotopic (exact) mass is 102 g/mol. The molecule has 0 heterocycles. The van der Waals surface area contributed by atoms with E-state index in [4.69, 9.17) is 10.8 Å². The lowest BCUT2D eigenvalue weighted by Gasteiger charge is -1.98. The van der Waals surface area contributed by atoms with Gasteiger partial charge in [0.25, 0.3) is 0 Å². The summed E-state index contributed by atoms with van der Waals surface area (Å²) in [6.07, 6.45) is -0.606. The number of nitrogens with zero attached hydrogens (tertiary/aromatic N) is 1. The molecule has 42 valence electrons. The van der Waals surface area contributed by atoms with Gasteiger partial charge in [-0.25, -0.2) is 0 Å². The van der Waals surface area contributed by atoms with Crippen LogP contribution in [0.5, 0.6) is 0 Å². The van der Waals surface area contributed by atoms with Gasteiger partial charge in [0.1, 0.15) is 11.9 Å². The first-order chi connectivity index (χ1) is 3.18. The lowest BCUT2D eigenvalue weighted by molar-refractivity contribution is 0.260. The van der Waals surface area contributed by atoms with Crippen molar-refractivity contribution in [1.82, 2.24) is 0 Å². The van der Waals surface area contributed by atoms with Crippen molar-refractivity contribution >= 4 is 5.84 Å². The van der Waals surface area contributed by atoms with Crippen molar-refractivity contribution in [1.29, 1.82) is 0 Å². The lowest BCUT2D eigenvalue weighted by atomic mass is 10.4. The van der Waals surface area contributed by atoms with Gasteiger partial charge >= 0.3 is 0 Å². The average Bonchev–Trinajstić information content (AvgIpc) is 1.65. The fourth-order valence-corrected chi connectivity index (χ4v) is 0.187. The average molecular weight is 102 g/mol. The van der Waals surface area contributed by atoms with Crippen molar-refractivity contribution in [2.24, 2.45) is 10.7 Å². The van der Waals surface area contributed by atoms with Crippen LogP contribution in [0.1, 0.15) is 6.92 Å². The summed E-state index contributed by atoms with van der Waals surface area (Å²) in [5, 5.41) is 8.57. The Morgan fingerprint density at radius 1 is 1.86 bits per heavy atom. The molecular formula is C4H10N2O. The van der Waals surface area contributed by atoms with E-state index in [9.17, 15) is 0 Å². The number of hydrogen-bond acceptors (Lipinski definition) is 2. The summed E-state index contributed by atoms with van der Waals surface area (Å²) in [7, 11) is 1.54. The van der Waals surface area contributed by atoms with Crippen LogP contribution in [0.25, 0.3) is 0 Å². The number of aliphatic hydroxyl groups is 1. The number of nitrogens with two attached hydrogens (primary N) is 1. The predicted octanol–water partition coefficient (Wildman–Crippen LogP) is -0.646. The molecule has 0 aliphatic heterocycles. The van der Waals surface area contributed by atoms with Crippen LogP contribution in [0.15, 0.2) is 4.99 Å². The van der Waals surface area contributed by atoms with Gasteiger partial charge in [0, 0.05) is 7.05 Å². The third-order valence-corrected chi connectivity index (χ3v) is 0.686. The molecule has 1 atom stereocenters. The summed E-state index contributed by atoms with van der Waals surface area (Å²) in [5.74, 6) is 0.278. The number of amidine groups is 1. The summed E-state index contributed by atoms with van der Waals surface area (Å²) in [6, 6.07) is 0. The van der Waals surface area contributed by atoms with Gasteiger partial charge in [0.05, 0.1) is 0 Å². The molecule has 3 N–H and O–H groups in total. The highest BCUT2D eigenvalue weighted by Gasteiger charge is 1.95. The van der Waals surface area contributed by atoms with Crippen LogP contribution in [0.3, 0.4) is 0 Å². The highest BCUT2D eigenvalue weighted by atomic mass is 16.3. The topological polar surface area (TPSA) is 58.6 Å². The number of aliphatic imine (C=N–C) groups is 1. The molecule has 0 rings (SSSR count). The minimum absolute atomic E-state index is 0.278. The molecule has 0 aromatic carbocycles. The number of rotatable bonds is 1. The summed E-state index contributed by atoms with van der Waals surface area (Å²) in [4.78, 5) is 3.53. The molecule has 7 heavy (non-hydrogen) atoms. The second kappa shape index (κ2) is 2.58. The van der Waals surface area contributed by atoms with Gasteiger partial charge < -0.3 is 10.8 Å². The molecule has 0 saturated carbocycles.